The van der Waals surface area contributed by atoms with Gasteiger partial charge in [0.05, 0.1) is 53.4 Å². The molecule has 136 valence electrons. The average Bonchev–Trinajstić information content (AvgIpc) is 2.87. The van der Waals surface area contributed by atoms with Crippen LogP contribution in [0.15, 0.2) is 0 Å². The second kappa shape index (κ2) is 10.0. The molecule has 2 fully saturated rings. The zero-order chi connectivity index (χ0) is 16.4. The Labute approximate surface area is 146 Å². The highest BCUT2D eigenvalue weighted by Gasteiger charge is 2.23. The van der Waals surface area contributed by atoms with Crippen LogP contribution in [0.1, 0.15) is 83.5 Å². The van der Waals surface area contributed by atoms with Crippen molar-refractivity contribution in [3.05, 3.63) is 0 Å². The molecule has 0 spiro atoms. The lowest BCUT2D eigenvalue weighted by molar-refractivity contribution is -0.909. The minimum absolute atomic E-state index is 1.37. The smallest absolute Gasteiger partial charge is 0.0784 e. The van der Waals surface area contributed by atoms with Gasteiger partial charge in [-0.1, -0.05) is 6.42 Å². The number of unbranched alkanes of at least 4 members (excludes halogenated alkanes) is 4. The highest BCUT2D eigenvalue weighted by Crippen LogP contribution is 2.19. The van der Waals surface area contributed by atoms with E-state index in [4.69, 9.17) is 0 Å². The van der Waals surface area contributed by atoms with Crippen LogP contribution in [0.3, 0.4) is 0 Å². The topological polar surface area (TPSA) is 0 Å². The van der Waals surface area contributed by atoms with Crippen LogP contribution in [-0.4, -0.2) is 62.3 Å². The molecule has 2 rings (SSSR count). The van der Waals surface area contributed by atoms with Gasteiger partial charge in [0.15, 0.2) is 0 Å². The zero-order valence-corrected chi connectivity index (χ0v) is 16.3. The standard InChI is InChI=1S/C21H44N2/c1-22(18-12-6-7-13-19-22)16-10-4-3-5-11-17-23(2)20-14-8-9-15-21-23/h3-21H2,1-2H3/q+2. The Balaban J connectivity index is 1.50. The molecule has 2 aliphatic rings. The fourth-order valence-electron chi connectivity index (χ4n) is 4.87. The molecule has 0 amide bonds. The third-order valence-electron chi connectivity index (χ3n) is 6.69. The molecule has 0 saturated carbocycles. The van der Waals surface area contributed by atoms with Crippen LogP contribution in [0.2, 0.25) is 0 Å². The molecule has 0 aromatic carbocycles. The summed E-state index contributed by atoms with van der Waals surface area (Å²) in [5, 5.41) is 0. The molecule has 0 radical (unpaired) electrons. The molecule has 23 heavy (non-hydrogen) atoms. The van der Waals surface area contributed by atoms with Gasteiger partial charge in [-0.3, -0.25) is 0 Å². The van der Waals surface area contributed by atoms with Crippen LogP contribution in [-0.2, 0) is 0 Å². The molecule has 0 aromatic rings. The van der Waals surface area contributed by atoms with Gasteiger partial charge in [-0.05, 0) is 77.0 Å². The van der Waals surface area contributed by atoms with Gasteiger partial charge in [-0.2, -0.15) is 0 Å². The largest absolute Gasteiger partial charge is 0.326 e. The summed E-state index contributed by atoms with van der Waals surface area (Å²) in [6.07, 6.45) is 19.1. The Hall–Kier alpha value is -0.0800. The van der Waals surface area contributed by atoms with E-state index < -0.39 is 0 Å². The zero-order valence-electron chi connectivity index (χ0n) is 16.3. The first-order valence-corrected chi connectivity index (χ1v) is 10.8. The molecular weight excluding hydrogens is 280 g/mol. The molecule has 0 unspecified atom stereocenters. The van der Waals surface area contributed by atoms with Crippen LogP contribution in [0.5, 0.6) is 0 Å². The van der Waals surface area contributed by atoms with Crippen LogP contribution in [0.4, 0.5) is 0 Å². The predicted molar refractivity (Wildman–Crippen MR) is 102 cm³/mol. The Morgan fingerprint density at radius 3 is 1.09 bits per heavy atom. The lowest BCUT2D eigenvalue weighted by atomic mass is 10.1. The van der Waals surface area contributed by atoms with E-state index >= 15 is 0 Å². The number of hydrogen-bond donors (Lipinski definition) is 0. The van der Waals surface area contributed by atoms with Crippen LogP contribution in [0, 0.1) is 0 Å². The van der Waals surface area contributed by atoms with Gasteiger partial charge >= 0.3 is 0 Å². The molecule has 0 N–H and O–H groups in total. The first-order valence-electron chi connectivity index (χ1n) is 10.8. The van der Waals surface area contributed by atoms with E-state index in [9.17, 15) is 0 Å². The van der Waals surface area contributed by atoms with Crippen LogP contribution < -0.4 is 0 Å². The van der Waals surface area contributed by atoms with E-state index in [1.54, 1.807) is 0 Å². The molecule has 2 nitrogen and oxygen atoms in total. The molecule has 0 atom stereocenters. The van der Waals surface area contributed by atoms with Crippen molar-refractivity contribution in [2.75, 3.05) is 53.4 Å². The number of hydrogen-bond acceptors (Lipinski definition) is 0. The number of nitrogens with zero attached hydrogens (tertiary/aromatic N) is 2. The molecule has 2 heteroatoms. The monoisotopic (exact) mass is 324 g/mol. The van der Waals surface area contributed by atoms with Gasteiger partial charge < -0.3 is 8.97 Å². The Morgan fingerprint density at radius 1 is 0.435 bits per heavy atom. The van der Waals surface area contributed by atoms with E-state index in [2.05, 4.69) is 14.1 Å². The summed E-state index contributed by atoms with van der Waals surface area (Å²) in [5.74, 6) is 0. The first kappa shape index (κ1) is 19.2. The summed E-state index contributed by atoms with van der Waals surface area (Å²) in [7, 11) is 5.02. The highest BCUT2D eigenvalue weighted by molar-refractivity contribution is 4.54. The fraction of sp³-hybridized carbons (Fsp3) is 1.00. The summed E-state index contributed by atoms with van der Waals surface area (Å²) < 4.78 is 2.74. The predicted octanol–water partition coefficient (Wildman–Crippen LogP) is 4.98. The summed E-state index contributed by atoms with van der Waals surface area (Å²) >= 11 is 0. The highest BCUT2D eigenvalue weighted by atomic mass is 15.3. The van der Waals surface area contributed by atoms with E-state index in [1.807, 2.05) is 0 Å². The normalized spacial score (nSPS) is 24.8. The first-order chi connectivity index (χ1) is 11.1. The molecule has 0 aromatic heterocycles. The third-order valence-corrected chi connectivity index (χ3v) is 6.69. The summed E-state index contributed by atoms with van der Waals surface area (Å²) in [4.78, 5) is 0. The Bertz CT molecular complexity index is 267. The van der Waals surface area contributed by atoms with Crippen LogP contribution >= 0.6 is 0 Å². The second-order valence-electron chi connectivity index (χ2n) is 9.18. The number of rotatable bonds is 8. The van der Waals surface area contributed by atoms with E-state index in [1.165, 1.54) is 132 Å². The van der Waals surface area contributed by atoms with Crippen molar-refractivity contribution < 1.29 is 8.97 Å². The lowest BCUT2D eigenvalue weighted by Gasteiger charge is -2.34. The molecule has 0 bridgehead atoms. The maximum absolute atomic E-state index is 2.51. The summed E-state index contributed by atoms with van der Waals surface area (Å²) in [5.41, 5.74) is 0. The minimum atomic E-state index is 1.37. The molecule has 2 saturated heterocycles. The van der Waals surface area contributed by atoms with Crippen molar-refractivity contribution in [2.45, 2.75) is 83.5 Å². The van der Waals surface area contributed by atoms with Gasteiger partial charge in [0.2, 0.25) is 0 Å². The van der Waals surface area contributed by atoms with Gasteiger partial charge in [-0.15, -0.1) is 0 Å². The van der Waals surface area contributed by atoms with Gasteiger partial charge in [0.25, 0.3) is 0 Å². The summed E-state index contributed by atoms with van der Waals surface area (Å²) in [6, 6.07) is 0. The Morgan fingerprint density at radius 2 is 0.739 bits per heavy atom. The third kappa shape index (κ3) is 7.56. The van der Waals surface area contributed by atoms with Crippen molar-refractivity contribution >= 4 is 0 Å². The Kier molecular flexibility index (Phi) is 8.40. The maximum Gasteiger partial charge on any atom is 0.0784 e. The van der Waals surface area contributed by atoms with Gasteiger partial charge in [-0.25, -0.2) is 0 Å². The van der Waals surface area contributed by atoms with E-state index in [0.717, 1.165) is 0 Å². The number of quaternary nitrogens is 2. The van der Waals surface area contributed by atoms with E-state index in [-0.39, 0.29) is 0 Å². The van der Waals surface area contributed by atoms with Crippen molar-refractivity contribution in [1.82, 2.24) is 0 Å². The van der Waals surface area contributed by atoms with Crippen molar-refractivity contribution in [1.29, 1.82) is 0 Å². The quantitative estimate of drug-likeness (QED) is 0.436. The molecular formula is C21H44N2+2. The second-order valence-corrected chi connectivity index (χ2v) is 9.18. The van der Waals surface area contributed by atoms with Crippen molar-refractivity contribution in [3.63, 3.8) is 0 Å². The maximum atomic E-state index is 2.51. The minimum Gasteiger partial charge on any atom is -0.326 e. The van der Waals surface area contributed by atoms with E-state index in [0.29, 0.717) is 0 Å². The van der Waals surface area contributed by atoms with Gasteiger partial charge in [0, 0.05) is 0 Å². The lowest BCUT2D eigenvalue weighted by Crippen LogP contribution is -2.45. The van der Waals surface area contributed by atoms with Gasteiger partial charge in [0.1, 0.15) is 0 Å². The summed E-state index contributed by atoms with van der Waals surface area (Å²) in [6.45, 7) is 8.64. The van der Waals surface area contributed by atoms with Crippen LogP contribution in [0.25, 0.3) is 0 Å². The molecule has 2 heterocycles. The molecule has 2 aliphatic heterocycles. The molecule has 0 aliphatic carbocycles. The number of likely N-dealkylation sites (tertiary alicyclic amines) is 2. The SMILES string of the molecule is C[N+]1(CCCCCCC[N+]2(C)CCCCCC2)CCCCCC1. The fourth-order valence-corrected chi connectivity index (χ4v) is 4.87. The van der Waals surface area contributed by atoms with Crippen molar-refractivity contribution in [2.24, 2.45) is 0 Å². The average molecular weight is 325 g/mol. The van der Waals surface area contributed by atoms with Crippen molar-refractivity contribution in [3.8, 4) is 0 Å².